The maximum absolute atomic E-state index is 11.6. The number of unbranched alkanes of at least 4 members (excludes halogenated alkanes) is 4. The Morgan fingerprint density at radius 3 is 2.39 bits per heavy atom. The molecule has 1 rings (SSSR count). The van der Waals surface area contributed by atoms with Gasteiger partial charge in [0.05, 0.1) is 0 Å². The zero-order valence-electron chi connectivity index (χ0n) is 20.1. The normalized spacial score (nSPS) is 14.5. The van der Waals surface area contributed by atoms with Crippen molar-refractivity contribution in [3.8, 4) is 0 Å². The molecule has 3 heteroatoms. The van der Waals surface area contributed by atoms with Gasteiger partial charge in [0.1, 0.15) is 0 Å². The van der Waals surface area contributed by atoms with E-state index >= 15 is 0 Å². The first-order valence-electron chi connectivity index (χ1n) is 12.7. The number of carboxylic acids is 1. The fourth-order valence-corrected chi connectivity index (χ4v) is 4.59. The highest BCUT2D eigenvalue weighted by Crippen LogP contribution is 2.31. The molecule has 0 aliphatic carbocycles. The number of hydrogen-bond acceptors (Lipinski definition) is 2. The Bertz CT molecular complexity index is 584. The fraction of sp³-hybridized carbons (Fsp3) is 0.679. The van der Waals surface area contributed by atoms with Gasteiger partial charge in [-0.3, -0.25) is 4.79 Å². The quantitative estimate of drug-likeness (QED) is 0.178. The summed E-state index contributed by atoms with van der Waals surface area (Å²) in [7, 11) is 0. The van der Waals surface area contributed by atoms with Crippen molar-refractivity contribution in [3.05, 3.63) is 48.0 Å². The summed E-state index contributed by atoms with van der Waals surface area (Å²) in [6.45, 7) is 5.17. The number of aliphatic carboxylic acids is 1. The lowest BCUT2D eigenvalue weighted by molar-refractivity contribution is -0.138. The predicted molar refractivity (Wildman–Crippen MR) is 133 cm³/mol. The summed E-state index contributed by atoms with van der Waals surface area (Å²) in [4.78, 5) is 11.6. The molecule has 0 unspecified atom stereocenters. The number of nitrogens with two attached hydrogens (primary N) is 1. The zero-order valence-corrected chi connectivity index (χ0v) is 20.1. The summed E-state index contributed by atoms with van der Waals surface area (Å²) < 4.78 is 0. The minimum atomic E-state index is -0.682. The van der Waals surface area contributed by atoms with Gasteiger partial charge in [-0.15, -0.1) is 0 Å². The van der Waals surface area contributed by atoms with E-state index in [2.05, 4.69) is 50.3 Å². The molecule has 0 saturated carbocycles. The average Bonchev–Trinajstić information content (AvgIpc) is 2.77. The summed E-state index contributed by atoms with van der Waals surface area (Å²) in [5.41, 5.74) is 7.23. The molecule has 0 aromatic heterocycles. The third kappa shape index (κ3) is 13.4. The largest absolute Gasteiger partial charge is 0.481 e. The highest BCUT2D eigenvalue weighted by molar-refractivity contribution is 5.67. The highest BCUT2D eigenvalue weighted by atomic mass is 16.4. The van der Waals surface area contributed by atoms with Crippen LogP contribution >= 0.6 is 0 Å². The van der Waals surface area contributed by atoms with Crippen LogP contribution in [0.15, 0.2) is 42.5 Å². The molecule has 3 nitrogen and oxygen atoms in total. The van der Waals surface area contributed by atoms with Crippen molar-refractivity contribution < 1.29 is 9.90 Å². The summed E-state index contributed by atoms with van der Waals surface area (Å²) >= 11 is 0. The molecule has 31 heavy (non-hydrogen) atoms. The van der Waals surface area contributed by atoms with Gasteiger partial charge in [-0.2, -0.15) is 0 Å². The third-order valence-electron chi connectivity index (χ3n) is 6.67. The first-order valence-corrected chi connectivity index (χ1v) is 12.7. The number of hydrogen-bond donors (Lipinski definition) is 2. The Hall–Kier alpha value is -1.61. The van der Waals surface area contributed by atoms with Gasteiger partial charge in [0.25, 0.3) is 0 Å². The van der Waals surface area contributed by atoms with Gasteiger partial charge in [0.15, 0.2) is 0 Å². The van der Waals surface area contributed by atoms with Crippen molar-refractivity contribution in [1.82, 2.24) is 0 Å². The molecule has 0 spiro atoms. The monoisotopic (exact) mass is 429 g/mol. The number of carbonyl (C=O) groups is 1. The maximum atomic E-state index is 11.6. The highest BCUT2D eigenvalue weighted by Gasteiger charge is 2.24. The standard InChI is InChI=1S/C28H47NO2/c1-3-5-6-7-8-9-11-14-24(4-2)17-19-26(21-22-29)27(23-28(30)31)20-18-25-15-12-10-13-16-25/h9-13,15-16,24,26-27H,3-8,14,17-23,29H2,1-2H3,(H,30,31)/t24-,26+,27+/m0/s1. The maximum Gasteiger partial charge on any atom is 0.303 e. The Morgan fingerprint density at radius 2 is 1.74 bits per heavy atom. The predicted octanol–water partition coefficient (Wildman–Crippen LogP) is 7.40. The van der Waals surface area contributed by atoms with E-state index in [0.717, 1.165) is 32.1 Å². The van der Waals surface area contributed by atoms with Crippen LogP contribution in [0, 0.1) is 17.8 Å². The van der Waals surface area contributed by atoms with Crippen molar-refractivity contribution in [3.63, 3.8) is 0 Å². The van der Waals surface area contributed by atoms with Gasteiger partial charge in [0, 0.05) is 6.42 Å². The minimum absolute atomic E-state index is 0.202. The van der Waals surface area contributed by atoms with Crippen LogP contribution in [0.1, 0.15) is 96.5 Å². The summed E-state index contributed by atoms with van der Waals surface area (Å²) in [5, 5.41) is 9.50. The number of allylic oxidation sites excluding steroid dienone is 2. The molecule has 0 heterocycles. The first kappa shape index (κ1) is 27.4. The van der Waals surface area contributed by atoms with Crippen LogP contribution in [-0.4, -0.2) is 17.6 Å². The lowest BCUT2D eigenvalue weighted by Gasteiger charge is -2.27. The van der Waals surface area contributed by atoms with Gasteiger partial charge in [-0.1, -0.05) is 82.0 Å². The Labute approximate surface area is 191 Å². The first-order chi connectivity index (χ1) is 15.1. The molecule has 0 saturated heterocycles. The van der Waals surface area contributed by atoms with Gasteiger partial charge in [-0.05, 0) is 81.2 Å². The topological polar surface area (TPSA) is 63.3 Å². The van der Waals surface area contributed by atoms with Gasteiger partial charge >= 0.3 is 5.97 Å². The summed E-state index contributed by atoms with van der Waals surface area (Å²) in [6.07, 6.45) is 18.9. The molecule has 1 aromatic carbocycles. The molecule has 1 aromatic rings. The van der Waals surface area contributed by atoms with Crippen LogP contribution in [0.3, 0.4) is 0 Å². The lowest BCUT2D eigenvalue weighted by atomic mass is 9.78. The van der Waals surface area contributed by atoms with Crippen molar-refractivity contribution >= 4 is 5.97 Å². The van der Waals surface area contributed by atoms with Crippen LogP contribution in [0.5, 0.6) is 0 Å². The van der Waals surface area contributed by atoms with E-state index in [0.29, 0.717) is 18.4 Å². The Kier molecular flexibility index (Phi) is 15.9. The van der Waals surface area contributed by atoms with Crippen LogP contribution in [0.4, 0.5) is 0 Å². The van der Waals surface area contributed by atoms with Crippen molar-refractivity contribution in [2.45, 2.75) is 97.3 Å². The second kappa shape index (κ2) is 18.0. The molecule has 0 aliphatic rings. The van der Waals surface area contributed by atoms with E-state index in [-0.39, 0.29) is 12.3 Å². The number of benzene rings is 1. The Balaban J connectivity index is 2.57. The molecule has 3 atom stereocenters. The van der Waals surface area contributed by atoms with Gasteiger partial charge in [-0.25, -0.2) is 0 Å². The van der Waals surface area contributed by atoms with Crippen molar-refractivity contribution in [2.75, 3.05) is 6.54 Å². The SMILES string of the molecule is CCCCCCC=CC[C@H](CC)CC[C@H](CCN)[C@H](CCc1ccccc1)CC(=O)O. The number of carboxylic acid groups (broad SMARTS) is 1. The number of aryl methyl sites for hydroxylation is 1. The molecular formula is C28H47NO2. The number of rotatable bonds is 19. The van der Waals surface area contributed by atoms with E-state index < -0.39 is 5.97 Å². The van der Waals surface area contributed by atoms with E-state index in [9.17, 15) is 9.90 Å². The second-order valence-corrected chi connectivity index (χ2v) is 9.13. The molecule has 176 valence electrons. The van der Waals surface area contributed by atoms with Crippen LogP contribution < -0.4 is 5.73 Å². The van der Waals surface area contributed by atoms with E-state index in [1.54, 1.807) is 0 Å². The molecule has 0 bridgehead atoms. The smallest absolute Gasteiger partial charge is 0.303 e. The van der Waals surface area contributed by atoms with Crippen LogP contribution in [0.2, 0.25) is 0 Å². The average molecular weight is 430 g/mol. The molecule has 0 fully saturated rings. The third-order valence-corrected chi connectivity index (χ3v) is 6.67. The molecule has 0 amide bonds. The molecule has 0 aliphatic heterocycles. The molecular weight excluding hydrogens is 382 g/mol. The van der Waals surface area contributed by atoms with Crippen LogP contribution in [0.25, 0.3) is 0 Å². The van der Waals surface area contributed by atoms with E-state index in [4.69, 9.17) is 5.73 Å². The van der Waals surface area contributed by atoms with Crippen molar-refractivity contribution in [1.29, 1.82) is 0 Å². The summed E-state index contributed by atoms with van der Waals surface area (Å²) in [6, 6.07) is 10.4. The minimum Gasteiger partial charge on any atom is -0.481 e. The second-order valence-electron chi connectivity index (χ2n) is 9.13. The van der Waals surface area contributed by atoms with E-state index in [1.807, 2.05) is 6.07 Å². The van der Waals surface area contributed by atoms with Crippen LogP contribution in [-0.2, 0) is 11.2 Å². The molecule has 0 radical (unpaired) electrons. The molecule has 3 N–H and O–H groups in total. The van der Waals surface area contributed by atoms with Crippen molar-refractivity contribution in [2.24, 2.45) is 23.5 Å². The fourth-order valence-electron chi connectivity index (χ4n) is 4.59. The Morgan fingerprint density at radius 1 is 0.968 bits per heavy atom. The zero-order chi connectivity index (χ0) is 22.7. The lowest BCUT2D eigenvalue weighted by Crippen LogP contribution is -2.23. The van der Waals surface area contributed by atoms with Gasteiger partial charge < -0.3 is 10.8 Å². The van der Waals surface area contributed by atoms with Gasteiger partial charge in [0.2, 0.25) is 0 Å². The van der Waals surface area contributed by atoms with E-state index in [1.165, 1.54) is 50.5 Å². The summed E-state index contributed by atoms with van der Waals surface area (Å²) in [5.74, 6) is 0.606.